The first kappa shape index (κ1) is 24.6. The van der Waals surface area contributed by atoms with Gasteiger partial charge in [-0.2, -0.15) is 5.10 Å². The molecule has 1 amide bonds. The van der Waals surface area contributed by atoms with Crippen molar-refractivity contribution in [3.8, 4) is 0 Å². The molecule has 1 unspecified atom stereocenters. The maximum atomic E-state index is 13.0. The van der Waals surface area contributed by atoms with Gasteiger partial charge >= 0.3 is 0 Å². The standard InChI is InChI=1S/C26H33Cl2N3O/c1-3-5-6-7-8-11-19(4-2)17-29-26(32)25-22-12-9-10-13-24(22)31(30-25)18-20-14-15-21(27)16-23(20)28/h9-10,12-16,19H,3-8,11,17-18H2,1-2H3,(H,29,32). The highest BCUT2D eigenvalue weighted by atomic mass is 35.5. The van der Waals surface area contributed by atoms with Crippen molar-refractivity contribution in [2.24, 2.45) is 5.92 Å². The largest absolute Gasteiger partial charge is 0.350 e. The predicted octanol–water partition coefficient (Wildman–Crippen LogP) is 7.51. The molecular weight excluding hydrogens is 441 g/mol. The normalized spacial score (nSPS) is 12.2. The molecule has 0 bridgehead atoms. The molecule has 1 heterocycles. The molecule has 1 N–H and O–H groups in total. The molecule has 0 saturated heterocycles. The van der Waals surface area contributed by atoms with Crippen LogP contribution in [0.2, 0.25) is 10.0 Å². The van der Waals surface area contributed by atoms with Crippen LogP contribution in [0.1, 0.15) is 74.8 Å². The number of aromatic nitrogens is 2. The van der Waals surface area contributed by atoms with Crippen molar-refractivity contribution in [2.75, 3.05) is 6.54 Å². The number of benzene rings is 2. The maximum Gasteiger partial charge on any atom is 0.272 e. The molecule has 3 aromatic rings. The molecule has 2 aromatic carbocycles. The molecular formula is C26H33Cl2N3O. The molecule has 3 rings (SSSR count). The van der Waals surface area contributed by atoms with Crippen molar-refractivity contribution in [3.63, 3.8) is 0 Å². The van der Waals surface area contributed by atoms with E-state index in [1.54, 1.807) is 6.07 Å². The van der Waals surface area contributed by atoms with Crippen molar-refractivity contribution in [2.45, 2.75) is 65.3 Å². The smallest absolute Gasteiger partial charge is 0.272 e. The summed E-state index contributed by atoms with van der Waals surface area (Å²) in [7, 11) is 0. The minimum absolute atomic E-state index is 0.119. The van der Waals surface area contributed by atoms with E-state index in [0.29, 0.717) is 34.7 Å². The Morgan fingerprint density at radius 1 is 1.06 bits per heavy atom. The second-order valence-corrected chi connectivity index (χ2v) is 9.29. The minimum atomic E-state index is -0.119. The Labute approximate surface area is 201 Å². The summed E-state index contributed by atoms with van der Waals surface area (Å²) in [4.78, 5) is 13.0. The molecule has 0 aliphatic rings. The van der Waals surface area contributed by atoms with Crippen LogP contribution in [0.15, 0.2) is 42.5 Å². The summed E-state index contributed by atoms with van der Waals surface area (Å²) in [6.45, 7) is 5.59. The summed E-state index contributed by atoms with van der Waals surface area (Å²) >= 11 is 12.4. The van der Waals surface area contributed by atoms with E-state index in [2.05, 4.69) is 24.3 Å². The van der Waals surface area contributed by atoms with Gasteiger partial charge in [0.1, 0.15) is 0 Å². The Bertz CT molecular complexity index is 1030. The van der Waals surface area contributed by atoms with Crippen molar-refractivity contribution in [1.82, 2.24) is 15.1 Å². The van der Waals surface area contributed by atoms with E-state index in [9.17, 15) is 4.79 Å². The lowest BCUT2D eigenvalue weighted by Gasteiger charge is -2.15. The van der Waals surface area contributed by atoms with Crippen molar-refractivity contribution >= 4 is 40.0 Å². The number of fused-ring (bicyclic) bond motifs is 1. The van der Waals surface area contributed by atoms with Gasteiger partial charge in [-0.3, -0.25) is 9.48 Å². The number of hydrogen-bond acceptors (Lipinski definition) is 2. The number of carbonyl (C=O) groups is 1. The van der Waals surface area contributed by atoms with Crippen LogP contribution < -0.4 is 5.32 Å². The molecule has 4 nitrogen and oxygen atoms in total. The lowest BCUT2D eigenvalue weighted by atomic mass is 9.98. The highest BCUT2D eigenvalue weighted by Gasteiger charge is 2.18. The average molecular weight is 474 g/mol. The molecule has 1 atom stereocenters. The zero-order valence-corrected chi connectivity index (χ0v) is 20.6. The van der Waals surface area contributed by atoms with E-state index >= 15 is 0 Å². The summed E-state index contributed by atoms with van der Waals surface area (Å²) in [5.74, 6) is 0.383. The molecule has 0 fully saturated rings. The number of halogens is 2. The average Bonchev–Trinajstić information content (AvgIpc) is 3.16. The van der Waals surface area contributed by atoms with Crippen molar-refractivity contribution < 1.29 is 4.79 Å². The van der Waals surface area contributed by atoms with Gasteiger partial charge in [0.15, 0.2) is 5.69 Å². The van der Waals surface area contributed by atoms with Crippen LogP contribution in [0.4, 0.5) is 0 Å². The summed E-state index contributed by atoms with van der Waals surface area (Å²) in [6.07, 6.45) is 8.61. The Hall–Kier alpha value is -2.04. The van der Waals surface area contributed by atoms with Gasteiger partial charge in [-0.15, -0.1) is 0 Å². The van der Waals surface area contributed by atoms with Gasteiger partial charge in [-0.25, -0.2) is 0 Å². The van der Waals surface area contributed by atoms with Gasteiger partial charge < -0.3 is 5.32 Å². The number of unbranched alkanes of at least 4 members (excludes halogenated alkanes) is 4. The van der Waals surface area contributed by atoms with E-state index in [1.807, 2.05) is 41.1 Å². The summed E-state index contributed by atoms with van der Waals surface area (Å²) in [5, 5.41) is 9.83. The molecule has 0 saturated carbocycles. The Morgan fingerprint density at radius 2 is 1.84 bits per heavy atom. The number of nitrogens with one attached hydrogen (secondary N) is 1. The lowest BCUT2D eigenvalue weighted by molar-refractivity contribution is 0.0941. The highest BCUT2D eigenvalue weighted by Crippen LogP contribution is 2.25. The first-order chi connectivity index (χ1) is 15.5. The maximum absolute atomic E-state index is 13.0. The monoisotopic (exact) mass is 473 g/mol. The fraction of sp³-hybridized carbons (Fsp3) is 0.462. The van der Waals surface area contributed by atoms with E-state index < -0.39 is 0 Å². The summed E-state index contributed by atoms with van der Waals surface area (Å²) in [6, 6.07) is 13.3. The van der Waals surface area contributed by atoms with Gasteiger partial charge in [0.25, 0.3) is 5.91 Å². The third-order valence-corrected chi connectivity index (χ3v) is 6.64. The van der Waals surface area contributed by atoms with Crippen LogP contribution in [0, 0.1) is 5.92 Å². The van der Waals surface area contributed by atoms with E-state index in [-0.39, 0.29) is 5.91 Å². The fourth-order valence-corrected chi connectivity index (χ4v) is 4.50. The van der Waals surface area contributed by atoms with Gasteiger partial charge in [0.2, 0.25) is 0 Å². The van der Waals surface area contributed by atoms with Crippen molar-refractivity contribution in [3.05, 3.63) is 63.8 Å². The van der Waals surface area contributed by atoms with E-state index in [4.69, 9.17) is 23.2 Å². The second-order valence-electron chi connectivity index (χ2n) is 8.45. The first-order valence-electron chi connectivity index (χ1n) is 11.7. The summed E-state index contributed by atoms with van der Waals surface area (Å²) < 4.78 is 1.84. The lowest BCUT2D eigenvalue weighted by Crippen LogP contribution is -2.29. The Balaban J connectivity index is 1.69. The van der Waals surface area contributed by atoms with Gasteiger partial charge in [0, 0.05) is 22.0 Å². The third-order valence-electron chi connectivity index (χ3n) is 6.05. The number of carbonyl (C=O) groups excluding carboxylic acids is 1. The number of rotatable bonds is 12. The Kier molecular flexibility index (Phi) is 9.43. The molecule has 0 aliphatic carbocycles. The molecule has 1 aromatic heterocycles. The highest BCUT2D eigenvalue weighted by molar-refractivity contribution is 6.35. The number of para-hydroxylation sites is 1. The van der Waals surface area contributed by atoms with Crippen LogP contribution in [-0.2, 0) is 6.54 Å². The van der Waals surface area contributed by atoms with E-state index in [0.717, 1.165) is 29.3 Å². The zero-order chi connectivity index (χ0) is 22.9. The van der Waals surface area contributed by atoms with Crippen LogP contribution in [0.25, 0.3) is 10.9 Å². The number of amides is 1. The van der Waals surface area contributed by atoms with E-state index in [1.165, 1.54) is 32.1 Å². The topological polar surface area (TPSA) is 46.9 Å². The fourth-order valence-electron chi connectivity index (χ4n) is 4.03. The molecule has 0 spiro atoms. The molecule has 172 valence electrons. The summed E-state index contributed by atoms with van der Waals surface area (Å²) in [5.41, 5.74) is 2.28. The quantitative estimate of drug-likeness (QED) is 0.276. The molecule has 32 heavy (non-hydrogen) atoms. The Morgan fingerprint density at radius 3 is 2.59 bits per heavy atom. The first-order valence-corrected chi connectivity index (χ1v) is 12.5. The minimum Gasteiger partial charge on any atom is -0.350 e. The third kappa shape index (κ3) is 6.49. The van der Waals surface area contributed by atoms with Crippen molar-refractivity contribution in [1.29, 1.82) is 0 Å². The molecule has 0 radical (unpaired) electrons. The van der Waals surface area contributed by atoms with Gasteiger partial charge in [-0.05, 0) is 36.1 Å². The van der Waals surface area contributed by atoms with Gasteiger partial charge in [0.05, 0.1) is 12.1 Å². The zero-order valence-electron chi connectivity index (χ0n) is 19.0. The SMILES string of the molecule is CCCCCCCC(CC)CNC(=O)c1nn(Cc2ccc(Cl)cc2Cl)c2ccccc12. The van der Waals surface area contributed by atoms with Crippen LogP contribution in [0.5, 0.6) is 0 Å². The number of nitrogens with zero attached hydrogens (tertiary/aromatic N) is 2. The van der Waals surface area contributed by atoms with Crippen LogP contribution in [-0.4, -0.2) is 22.2 Å². The van der Waals surface area contributed by atoms with Crippen LogP contribution >= 0.6 is 23.2 Å². The number of hydrogen-bond donors (Lipinski definition) is 1. The molecule has 6 heteroatoms. The van der Waals surface area contributed by atoms with Gasteiger partial charge in [-0.1, -0.05) is 99.8 Å². The predicted molar refractivity (Wildman–Crippen MR) is 135 cm³/mol. The van der Waals surface area contributed by atoms with Crippen LogP contribution in [0.3, 0.4) is 0 Å². The molecule has 0 aliphatic heterocycles. The second kappa shape index (κ2) is 12.3.